The first-order valence-electron chi connectivity index (χ1n) is 12.7. The largest absolute Gasteiger partial charge is 0.381 e. The maximum absolute atomic E-state index is 12.7. The molecular formula is C28H33ClN4OS. The van der Waals surface area contributed by atoms with Gasteiger partial charge in [0.1, 0.15) is 0 Å². The Hall–Kier alpha value is -2.57. The molecule has 0 unspecified atom stereocenters. The minimum atomic E-state index is 0.0827. The number of halogens is 1. The quantitative estimate of drug-likeness (QED) is 0.396. The van der Waals surface area contributed by atoms with E-state index in [1.807, 2.05) is 23.2 Å². The van der Waals surface area contributed by atoms with Gasteiger partial charge >= 0.3 is 0 Å². The van der Waals surface area contributed by atoms with E-state index in [2.05, 4.69) is 40.5 Å². The van der Waals surface area contributed by atoms with E-state index in [-0.39, 0.29) is 5.91 Å². The van der Waals surface area contributed by atoms with E-state index in [1.165, 1.54) is 60.4 Å². The SMILES string of the molecule is O=C(c1ccc(Cl)s1)N1CCN(c2ccc(NCc3cccnc3CC3CCCCC3)cc2)CC1. The third-order valence-electron chi connectivity index (χ3n) is 7.26. The van der Waals surface area contributed by atoms with Crippen molar-refractivity contribution in [3.8, 4) is 0 Å². The zero-order valence-corrected chi connectivity index (χ0v) is 21.7. The summed E-state index contributed by atoms with van der Waals surface area (Å²) in [6, 6.07) is 16.5. The van der Waals surface area contributed by atoms with Crippen molar-refractivity contribution >= 4 is 40.2 Å². The minimum absolute atomic E-state index is 0.0827. The molecule has 0 bridgehead atoms. The van der Waals surface area contributed by atoms with Crippen molar-refractivity contribution in [2.45, 2.75) is 45.1 Å². The minimum Gasteiger partial charge on any atom is -0.381 e. The summed E-state index contributed by atoms with van der Waals surface area (Å²) >= 11 is 7.35. The van der Waals surface area contributed by atoms with Crippen LogP contribution in [0.15, 0.2) is 54.7 Å². The van der Waals surface area contributed by atoms with Crippen LogP contribution in [0.25, 0.3) is 0 Å². The van der Waals surface area contributed by atoms with E-state index in [9.17, 15) is 4.79 Å². The maximum Gasteiger partial charge on any atom is 0.264 e. The Kier molecular flexibility index (Phi) is 7.89. The molecule has 3 aromatic rings. The lowest BCUT2D eigenvalue weighted by Gasteiger charge is -2.36. The van der Waals surface area contributed by atoms with Gasteiger partial charge in [-0.2, -0.15) is 0 Å². The van der Waals surface area contributed by atoms with Gasteiger partial charge in [0, 0.05) is 56.0 Å². The van der Waals surface area contributed by atoms with Crippen LogP contribution in [0.2, 0.25) is 4.34 Å². The van der Waals surface area contributed by atoms with Crippen LogP contribution in [0, 0.1) is 5.92 Å². The van der Waals surface area contributed by atoms with Crippen LogP contribution < -0.4 is 10.2 Å². The van der Waals surface area contributed by atoms with Gasteiger partial charge < -0.3 is 15.1 Å². The fourth-order valence-corrected chi connectivity index (χ4v) is 6.23. The van der Waals surface area contributed by atoms with Crippen molar-refractivity contribution in [1.82, 2.24) is 9.88 Å². The first-order chi connectivity index (χ1) is 17.2. The lowest BCUT2D eigenvalue weighted by atomic mass is 9.85. The molecule has 0 atom stereocenters. The molecule has 1 aliphatic heterocycles. The molecule has 1 amide bonds. The maximum atomic E-state index is 12.7. The number of hydrogen-bond acceptors (Lipinski definition) is 5. The summed E-state index contributed by atoms with van der Waals surface area (Å²) in [5.74, 6) is 0.870. The van der Waals surface area contributed by atoms with E-state index < -0.39 is 0 Å². The van der Waals surface area contributed by atoms with Gasteiger partial charge in [0.2, 0.25) is 0 Å². The predicted octanol–water partition coefficient (Wildman–Crippen LogP) is 6.49. The first kappa shape index (κ1) is 24.1. The standard InChI is InChI=1S/C28H33ClN4OS/c29-27-13-12-26(35-27)28(34)33-17-15-32(16-18-33)24-10-8-23(9-11-24)31-20-22-7-4-14-30-25(22)19-21-5-2-1-3-6-21/h4,7-14,21,31H,1-3,5-6,15-20H2. The van der Waals surface area contributed by atoms with E-state index in [4.69, 9.17) is 16.6 Å². The molecule has 1 N–H and O–H groups in total. The van der Waals surface area contributed by atoms with E-state index >= 15 is 0 Å². The summed E-state index contributed by atoms with van der Waals surface area (Å²) in [5, 5.41) is 3.59. The van der Waals surface area contributed by atoms with Crippen LogP contribution in [-0.2, 0) is 13.0 Å². The van der Waals surface area contributed by atoms with Crippen molar-refractivity contribution in [1.29, 1.82) is 0 Å². The summed E-state index contributed by atoms with van der Waals surface area (Å²) in [6.45, 7) is 3.90. The number of rotatable bonds is 7. The predicted molar refractivity (Wildman–Crippen MR) is 146 cm³/mol. The highest BCUT2D eigenvalue weighted by atomic mass is 35.5. The molecule has 2 aliphatic rings. The van der Waals surface area contributed by atoms with E-state index in [1.54, 1.807) is 6.07 Å². The number of hydrogen-bond donors (Lipinski definition) is 1. The summed E-state index contributed by atoms with van der Waals surface area (Å²) in [6.07, 6.45) is 9.84. The van der Waals surface area contributed by atoms with E-state index in [0.29, 0.717) is 4.34 Å². The summed E-state index contributed by atoms with van der Waals surface area (Å²) in [7, 11) is 0. The normalized spacial score (nSPS) is 16.9. The first-order valence-corrected chi connectivity index (χ1v) is 13.9. The highest BCUT2D eigenvalue weighted by Crippen LogP contribution is 2.28. The summed E-state index contributed by atoms with van der Waals surface area (Å²) in [5.41, 5.74) is 4.86. The second-order valence-electron chi connectivity index (χ2n) is 9.60. The van der Waals surface area contributed by atoms with Gasteiger partial charge in [-0.1, -0.05) is 49.8 Å². The molecule has 7 heteroatoms. The van der Waals surface area contributed by atoms with Gasteiger partial charge in [-0.25, -0.2) is 0 Å². The van der Waals surface area contributed by atoms with Gasteiger partial charge in [-0.15, -0.1) is 11.3 Å². The number of piperazine rings is 1. The van der Waals surface area contributed by atoms with E-state index in [0.717, 1.165) is 55.6 Å². The Morgan fingerprint density at radius 1 is 1.00 bits per heavy atom. The average Bonchev–Trinajstić information content (AvgIpc) is 3.35. The van der Waals surface area contributed by atoms with Crippen molar-refractivity contribution in [3.05, 3.63) is 75.2 Å². The van der Waals surface area contributed by atoms with Crippen LogP contribution in [0.3, 0.4) is 0 Å². The van der Waals surface area contributed by atoms with Gasteiger partial charge in [0.15, 0.2) is 0 Å². The Bertz CT molecular complexity index is 1120. The Morgan fingerprint density at radius 2 is 1.77 bits per heavy atom. The number of nitrogens with one attached hydrogen (secondary N) is 1. The molecule has 3 heterocycles. The zero-order chi connectivity index (χ0) is 24.0. The number of carbonyl (C=O) groups excluding carboxylic acids is 1. The second-order valence-corrected chi connectivity index (χ2v) is 11.3. The van der Waals surface area contributed by atoms with Crippen LogP contribution >= 0.6 is 22.9 Å². The van der Waals surface area contributed by atoms with Gasteiger partial charge in [-0.05, 0) is 60.4 Å². The van der Waals surface area contributed by atoms with Crippen molar-refractivity contribution in [2.24, 2.45) is 5.92 Å². The highest BCUT2D eigenvalue weighted by Gasteiger charge is 2.23. The molecule has 184 valence electrons. The van der Waals surface area contributed by atoms with Crippen LogP contribution in [-0.4, -0.2) is 42.0 Å². The summed E-state index contributed by atoms with van der Waals surface area (Å²) < 4.78 is 0.657. The number of aromatic nitrogens is 1. The molecule has 5 nitrogen and oxygen atoms in total. The Balaban J connectivity index is 1.13. The van der Waals surface area contributed by atoms with Gasteiger partial charge in [0.25, 0.3) is 5.91 Å². The van der Waals surface area contributed by atoms with Gasteiger partial charge in [0.05, 0.1) is 9.21 Å². The molecule has 35 heavy (non-hydrogen) atoms. The molecule has 1 aromatic carbocycles. The number of nitrogens with zero attached hydrogens (tertiary/aromatic N) is 3. The number of benzene rings is 1. The molecule has 2 aromatic heterocycles. The molecule has 0 radical (unpaired) electrons. The van der Waals surface area contributed by atoms with Crippen molar-refractivity contribution in [2.75, 3.05) is 36.4 Å². The van der Waals surface area contributed by atoms with Crippen molar-refractivity contribution < 1.29 is 4.79 Å². The molecule has 1 saturated heterocycles. The lowest BCUT2D eigenvalue weighted by Crippen LogP contribution is -2.48. The van der Waals surface area contributed by atoms with Crippen LogP contribution in [0.1, 0.15) is 53.0 Å². The average molecular weight is 509 g/mol. The third-order valence-corrected chi connectivity index (χ3v) is 8.48. The Morgan fingerprint density at radius 3 is 2.49 bits per heavy atom. The molecule has 0 spiro atoms. The molecule has 2 fully saturated rings. The fraction of sp³-hybridized carbons (Fsp3) is 0.429. The monoisotopic (exact) mass is 508 g/mol. The molecule has 1 aliphatic carbocycles. The fourth-order valence-electron chi connectivity index (χ4n) is 5.22. The number of carbonyl (C=O) groups is 1. The third kappa shape index (κ3) is 6.17. The molecule has 5 rings (SSSR count). The topological polar surface area (TPSA) is 48.5 Å². The number of thiophene rings is 1. The molecular weight excluding hydrogens is 476 g/mol. The van der Waals surface area contributed by atoms with Crippen molar-refractivity contribution in [3.63, 3.8) is 0 Å². The zero-order valence-electron chi connectivity index (χ0n) is 20.1. The number of anilines is 2. The highest BCUT2D eigenvalue weighted by molar-refractivity contribution is 7.17. The smallest absolute Gasteiger partial charge is 0.264 e. The number of pyridine rings is 1. The summed E-state index contributed by atoms with van der Waals surface area (Å²) in [4.78, 5) is 22.4. The van der Waals surface area contributed by atoms with Crippen LogP contribution in [0.4, 0.5) is 11.4 Å². The number of amides is 1. The van der Waals surface area contributed by atoms with Crippen LogP contribution in [0.5, 0.6) is 0 Å². The molecule has 1 saturated carbocycles. The second kappa shape index (κ2) is 11.4. The van der Waals surface area contributed by atoms with Gasteiger partial charge in [-0.3, -0.25) is 9.78 Å². The lowest BCUT2D eigenvalue weighted by molar-refractivity contribution is 0.0751. The Labute approximate surface area is 217 Å².